The Hall–Kier alpha value is -1.71. The molecule has 0 radical (unpaired) electrons. The van der Waals surface area contributed by atoms with Crippen LogP contribution in [-0.4, -0.2) is 48.4 Å². The highest BCUT2D eigenvalue weighted by Gasteiger charge is 2.24. The van der Waals surface area contributed by atoms with Gasteiger partial charge in [0, 0.05) is 36.9 Å². The second kappa shape index (κ2) is 9.83. The summed E-state index contributed by atoms with van der Waals surface area (Å²) in [6.07, 6.45) is 10.6. The third kappa shape index (κ3) is 5.56. The molecule has 4 rings (SSSR count). The van der Waals surface area contributed by atoms with E-state index in [2.05, 4.69) is 9.71 Å². The summed E-state index contributed by atoms with van der Waals surface area (Å²) in [5.41, 5.74) is 1.57. The van der Waals surface area contributed by atoms with E-state index < -0.39 is 10.0 Å². The van der Waals surface area contributed by atoms with Gasteiger partial charge in [0.05, 0.1) is 5.69 Å². The molecule has 0 spiro atoms. The van der Waals surface area contributed by atoms with Crippen LogP contribution in [0.25, 0.3) is 10.7 Å². The van der Waals surface area contributed by atoms with E-state index in [1.807, 2.05) is 17.2 Å². The van der Waals surface area contributed by atoms with Gasteiger partial charge in [0.2, 0.25) is 15.9 Å². The zero-order valence-corrected chi connectivity index (χ0v) is 19.8. The molecule has 31 heavy (non-hydrogen) atoms. The molecule has 2 aromatic heterocycles. The van der Waals surface area contributed by atoms with E-state index in [0.717, 1.165) is 55.9 Å². The highest BCUT2D eigenvalue weighted by atomic mass is 32.2. The fraction of sp³-hybridized carbons (Fsp3) is 0.636. The lowest BCUT2D eigenvalue weighted by Gasteiger charge is -2.27. The maximum Gasteiger partial charge on any atom is 0.242 e. The lowest BCUT2D eigenvalue weighted by atomic mass is 9.90. The number of rotatable bonds is 7. The molecule has 1 aliphatic heterocycles. The van der Waals surface area contributed by atoms with Gasteiger partial charge in [-0.1, -0.05) is 19.3 Å². The molecule has 1 N–H and O–H groups in total. The number of hydrogen-bond acceptors (Lipinski definition) is 5. The molecule has 2 aliphatic rings. The molecule has 0 aromatic carbocycles. The van der Waals surface area contributed by atoms with Gasteiger partial charge in [-0.25, -0.2) is 18.1 Å². The molecule has 170 valence electrons. The van der Waals surface area contributed by atoms with Crippen LogP contribution >= 0.6 is 11.3 Å². The summed E-state index contributed by atoms with van der Waals surface area (Å²) in [5.74, 6) is 0.441. The second-order valence-corrected chi connectivity index (χ2v) is 11.4. The molecule has 0 unspecified atom stereocenters. The van der Waals surface area contributed by atoms with Gasteiger partial charge in [-0.05, 0) is 51.0 Å². The zero-order valence-electron chi connectivity index (χ0n) is 18.2. The van der Waals surface area contributed by atoms with E-state index in [4.69, 9.17) is 0 Å². The largest absolute Gasteiger partial charge is 0.341 e. The van der Waals surface area contributed by atoms with Gasteiger partial charge in [0.25, 0.3) is 0 Å². The van der Waals surface area contributed by atoms with E-state index in [0.29, 0.717) is 18.2 Å². The van der Waals surface area contributed by atoms with Crippen LogP contribution in [0.3, 0.4) is 0 Å². The van der Waals surface area contributed by atoms with Gasteiger partial charge in [-0.3, -0.25) is 4.79 Å². The first-order valence-corrected chi connectivity index (χ1v) is 13.7. The van der Waals surface area contributed by atoms with Crippen molar-refractivity contribution in [3.05, 3.63) is 23.3 Å². The monoisotopic (exact) mass is 464 g/mol. The molecule has 1 aliphatic carbocycles. The number of likely N-dealkylation sites (tertiary alicyclic amines) is 1. The Morgan fingerprint density at radius 2 is 1.87 bits per heavy atom. The van der Waals surface area contributed by atoms with Crippen molar-refractivity contribution in [3.63, 3.8) is 0 Å². The van der Waals surface area contributed by atoms with Crippen LogP contribution in [0.1, 0.15) is 57.1 Å². The van der Waals surface area contributed by atoms with Crippen molar-refractivity contribution in [2.24, 2.45) is 5.92 Å². The minimum Gasteiger partial charge on any atom is -0.341 e. The summed E-state index contributed by atoms with van der Waals surface area (Å²) in [6, 6.07) is 1.66. The molecule has 0 bridgehead atoms. The van der Waals surface area contributed by atoms with Gasteiger partial charge >= 0.3 is 0 Å². The third-order valence-corrected chi connectivity index (χ3v) is 8.69. The van der Waals surface area contributed by atoms with Crippen molar-refractivity contribution in [3.8, 4) is 10.7 Å². The number of nitrogens with zero attached hydrogens (tertiary/aromatic N) is 3. The van der Waals surface area contributed by atoms with Crippen LogP contribution in [0, 0.1) is 12.8 Å². The molecule has 0 atom stereocenters. The maximum absolute atomic E-state index is 13.0. The Balaban J connectivity index is 1.55. The number of sulfonamides is 1. The predicted molar refractivity (Wildman–Crippen MR) is 122 cm³/mol. The smallest absolute Gasteiger partial charge is 0.242 e. The molecule has 1 amide bonds. The Morgan fingerprint density at radius 1 is 1.16 bits per heavy atom. The molecule has 9 heteroatoms. The van der Waals surface area contributed by atoms with Crippen molar-refractivity contribution < 1.29 is 13.2 Å². The molecule has 1 saturated carbocycles. The Bertz CT molecular complexity index is 1000. The van der Waals surface area contributed by atoms with E-state index in [-0.39, 0.29) is 17.3 Å². The van der Waals surface area contributed by atoms with Crippen LogP contribution in [0.2, 0.25) is 0 Å². The zero-order chi connectivity index (χ0) is 21.8. The van der Waals surface area contributed by atoms with Gasteiger partial charge in [-0.2, -0.15) is 0 Å². The summed E-state index contributed by atoms with van der Waals surface area (Å²) in [6.45, 7) is 4.08. The number of nitrogens with one attached hydrogen (secondary N) is 1. The van der Waals surface area contributed by atoms with E-state index >= 15 is 0 Å². The second-order valence-electron chi connectivity index (χ2n) is 8.78. The maximum atomic E-state index is 13.0. The van der Waals surface area contributed by atoms with E-state index in [1.54, 1.807) is 16.8 Å². The topological polar surface area (TPSA) is 84.3 Å². The number of aryl methyl sites for hydroxylation is 1. The summed E-state index contributed by atoms with van der Waals surface area (Å²) in [5, 5.41) is 2.67. The number of amides is 1. The van der Waals surface area contributed by atoms with Gasteiger partial charge in [-0.15, -0.1) is 11.3 Å². The Morgan fingerprint density at radius 3 is 2.55 bits per heavy atom. The highest BCUT2D eigenvalue weighted by molar-refractivity contribution is 7.89. The summed E-state index contributed by atoms with van der Waals surface area (Å²) in [4.78, 5) is 19.5. The van der Waals surface area contributed by atoms with Crippen LogP contribution in [0.4, 0.5) is 0 Å². The number of thiazole rings is 1. The number of hydrogen-bond donors (Lipinski definition) is 1. The standard InChI is InChI=1S/C22H32N4O3S2/c1-17-16-30-22(24-17)20-12-19(31(28,29)23-13-18-8-4-2-5-9-18)14-26(20)15-21(27)25-10-6-3-7-11-25/h12,14,16,18,23H,2-11,13,15H2,1H3. The first-order chi connectivity index (χ1) is 14.9. The highest BCUT2D eigenvalue weighted by Crippen LogP contribution is 2.29. The summed E-state index contributed by atoms with van der Waals surface area (Å²) in [7, 11) is -3.64. The van der Waals surface area contributed by atoms with Crippen molar-refractivity contribution in [1.82, 2.24) is 19.2 Å². The Kier molecular flexibility index (Phi) is 7.13. The lowest BCUT2D eigenvalue weighted by Crippen LogP contribution is -2.37. The summed E-state index contributed by atoms with van der Waals surface area (Å²) < 4.78 is 30.6. The SMILES string of the molecule is Cc1csc(-c2cc(S(=O)(=O)NCC3CCCCC3)cn2CC(=O)N2CCCCC2)n1. The minimum atomic E-state index is -3.64. The number of piperidine rings is 1. The van der Waals surface area contributed by atoms with Gasteiger partial charge < -0.3 is 9.47 Å². The quantitative estimate of drug-likeness (QED) is 0.676. The fourth-order valence-electron chi connectivity index (χ4n) is 4.50. The van der Waals surface area contributed by atoms with Crippen LogP contribution in [0.5, 0.6) is 0 Å². The number of carbonyl (C=O) groups excluding carboxylic acids is 1. The molecule has 2 fully saturated rings. The average molecular weight is 465 g/mol. The molecule has 3 heterocycles. The first-order valence-electron chi connectivity index (χ1n) is 11.3. The van der Waals surface area contributed by atoms with Crippen LogP contribution in [-0.2, 0) is 21.4 Å². The molecule has 2 aromatic rings. The predicted octanol–water partition coefficient (Wildman–Crippen LogP) is 3.79. The van der Waals surface area contributed by atoms with Crippen molar-refractivity contribution >= 4 is 27.3 Å². The fourth-order valence-corrected chi connectivity index (χ4v) is 6.49. The van der Waals surface area contributed by atoms with Crippen molar-refractivity contribution in [1.29, 1.82) is 0 Å². The lowest BCUT2D eigenvalue weighted by molar-refractivity contribution is -0.132. The molecular formula is C22H32N4O3S2. The van der Waals surface area contributed by atoms with Crippen molar-refractivity contribution in [2.45, 2.75) is 69.7 Å². The van der Waals surface area contributed by atoms with Crippen LogP contribution in [0.15, 0.2) is 22.5 Å². The Labute approximate surface area is 188 Å². The van der Waals surface area contributed by atoms with Gasteiger partial charge in [0.15, 0.2) is 0 Å². The average Bonchev–Trinajstić information content (AvgIpc) is 3.40. The first kappa shape index (κ1) is 22.5. The molecule has 7 nitrogen and oxygen atoms in total. The van der Waals surface area contributed by atoms with Crippen LogP contribution < -0.4 is 4.72 Å². The van der Waals surface area contributed by atoms with Crippen molar-refractivity contribution in [2.75, 3.05) is 19.6 Å². The minimum absolute atomic E-state index is 0.0314. The molecule has 1 saturated heterocycles. The summed E-state index contributed by atoms with van der Waals surface area (Å²) >= 11 is 1.47. The normalized spacial score (nSPS) is 18.4. The van der Waals surface area contributed by atoms with E-state index in [9.17, 15) is 13.2 Å². The molecular weight excluding hydrogens is 432 g/mol. The number of aromatic nitrogens is 2. The third-order valence-electron chi connectivity index (χ3n) is 6.32. The van der Waals surface area contributed by atoms with E-state index in [1.165, 1.54) is 30.6 Å². The number of carbonyl (C=O) groups is 1. The van der Waals surface area contributed by atoms with Gasteiger partial charge in [0.1, 0.15) is 16.4 Å².